The Balaban J connectivity index is 4.49. The van der Waals surface area contributed by atoms with Crippen molar-refractivity contribution in [1.82, 2.24) is 31.9 Å². The lowest BCUT2D eigenvalue weighted by Gasteiger charge is -2.18. The first-order chi connectivity index (χ1) is 35.4. The van der Waals surface area contributed by atoms with E-state index in [1.165, 1.54) is 12.8 Å². The van der Waals surface area contributed by atoms with E-state index in [1.54, 1.807) is 0 Å². The molecule has 0 spiro atoms. The van der Waals surface area contributed by atoms with Crippen LogP contribution in [0.1, 0.15) is 154 Å². The number of aliphatic hydroxyl groups excluding tert-OH is 1. The topological polar surface area (TPSA) is 409 Å². The Labute approximate surface area is 431 Å². The highest BCUT2D eigenvalue weighted by molar-refractivity contribution is 5.88. The van der Waals surface area contributed by atoms with Gasteiger partial charge < -0.3 is 76.8 Å². The predicted octanol–water partition coefficient (Wildman–Crippen LogP) is 0.986. The van der Waals surface area contributed by atoms with Crippen molar-refractivity contribution in [3.8, 4) is 0 Å². The standard InChI is InChI=1S/C48H82N6O20/c55-27-30-72-28-26-50-43(61)33-74-32-31-73-29-25-49-38(56)21-17-34(45(64)65)52-40(58)23-19-36(47(68)69)54-42(60)24-20-37(48(70)71)53-41(59)22-18-35(46(66)67)51-39(57)15-13-11-9-7-5-3-1-2-4-6-8-10-12-14-16-44(62)63/h34-37,55H,1-33H2,(H,49,56)(H,50,61)(H,51,57)(H,52,58)(H,53,59)(H,54,60)(H,62,63)(H,64,65)(H,66,67)(H,68,69)(H,70,71). The second-order valence-corrected chi connectivity index (χ2v) is 17.5. The Morgan fingerprint density at radius 1 is 0.324 bits per heavy atom. The van der Waals surface area contributed by atoms with Crippen LogP contribution in [-0.2, 0) is 67.0 Å². The number of carboxylic acid groups (broad SMARTS) is 5. The Morgan fingerprint density at radius 2 is 0.622 bits per heavy atom. The van der Waals surface area contributed by atoms with Crippen molar-refractivity contribution in [2.45, 2.75) is 178 Å². The fraction of sp³-hybridized carbons (Fsp3) is 0.771. The minimum Gasteiger partial charge on any atom is -0.481 e. The van der Waals surface area contributed by atoms with E-state index in [-0.39, 0.29) is 97.3 Å². The van der Waals surface area contributed by atoms with Crippen LogP contribution in [0, 0.1) is 0 Å². The van der Waals surface area contributed by atoms with Crippen molar-refractivity contribution in [1.29, 1.82) is 0 Å². The van der Waals surface area contributed by atoms with Crippen LogP contribution >= 0.6 is 0 Å². The summed E-state index contributed by atoms with van der Waals surface area (Å²) in [5, 5.41) is 69.8. The summed E-state index contributed by atoms with van der Waals surface area (Å²) < 4.78 is 15.5. The molecule has 0 aromatic carbocycles. The lowest BCUT2D eigenvalue weighted by molar-refractivity contribution is -0.144. The van der Waals surface area contributed by atoms with Gasteiger partial charge in [0.05, 0.1) is 39.6 Å². The smallest absolute Gasteiger partial charge is 0.326 e. The molecule has 424 valence electrons. The van der Waals surface area contributed by atoms with Crippen LogP contribution in [0.25, 0.3) is 0 Å². The lowest BCUT2D eigenvalue weighted by Crippen LogP contribution is -2.45. The monoisotopic (exact) mass is 1060 g/mol. The number of amides is 6. The van der Waals surface area contributed by atoms with Gasteiger partial charge in [-0.2, -0.15) is 0 Å². The van der Waals surface area contributed by atoms with E-state index in [4.69, 9.17) is 24.4 Å². The SMILES string of the molecule is O=C(O)CCCCCCCCCCCCCCCCC(=O)NC(CCC(=O)NC(CCC(=O)NC(CCC(=O)NC(CCC(=O)NCCOCCOCC(=O)NCCOCCO)C(=O)O)C(=O)O)C(=O)O)C(=O)O. The lowest BCUT2D eigenvalue weighted by atomic mass is 10.0. The van der Waals surface area contributed by atoms with Crippen LogP contribution < -0.4 is 31.9 Å². The number of carbonyl (C=O) groups excluding carboxylic acids is 6. The molecule has 0 aliphatic heterocycles. The van der Waals surface area contributed by atoms with Gasteiger partial charge in [0.25, 0.3) is 0 Å². The maximum Gasteiger partial charge on any atom is 0.326 e. The molecule has 0 bridgehead atoms. The van der Waals surface area contributed by atoms with Crippen LogP contribution in [-0.4, -0.2) is 179 Å². The van der Waals surface area contributed by atoms with Crippen molar-refractivity contribution in [2.75, 3.05) is 59.3 Å². The molecular weight excluding hydrogens is 981 g/mol. The van der Waals surface area contributed by atoms with Crippen molar-refractivity contribution in [3.05, 3.63) is 0 Å². The number of carboxylic acids is 5. The number of unbranched alkanes of at least 4 members (excludes halogenated alkanes) is 13. The summed E-state index contributed by atoms with van der Waals surface area (Å²) in [4.78, 5) is 132. The molecule has 0 aliphatic rings. The van der Waals surface area contributed by atoms with Gasteiger partial charge in [0.15, 0.2) is 0 Å². The molecule has 0 aromatic heterocycles. The second-order valence-electron chi connectivity index (χ2n) is 17.5. The van der Waals surface area contributed by atoms with Gasteiger partial charge in [-0.3, -0.25) is 33.6 Å². The molecule has 0 saturated heterocycles. The fourth-order valence-electron chi connectivity index (χ4n) is 7.10. The molecule has 0 aromatic rings. The number of aliphatic carboxylic acids is 5. The molecule has 12 N–H and O–H groups in total. The third kappa shape index (κ3) is 40.5. The second kappa shape index (κ2) is 44.5. The summed E-state index contributed by atoms with van der Waals surface area (Å²) in [5.41, 5.74) is 0. The highest BCUT2D eigenvalue weighted by atomic mass is 16.5. The van der Waals surface area contributed by atoms with E-state index < -0.39 is 116 Å². The highest BCUT2D eigenvalue weighted by Gasteiger charge is 2.27. The number of carbonyl (C=O) groups is 11. The molecule has 74 heavy (non-hydrogen) atoms. The largest absolute Gasteiger partial charge is 0.481 e. The summed E-state index contributed by atoms with van der Waals surface area (Å²) in [6.07, 6.45) is 10.7. The van der Waals surface area contributed by atoms with E-state index in [1.807, 2.05) is 0 Å². The maximum atomic E-state index is 12.6. The van der Waals surface area contributed by atoms with Gasteiger partial charge in [0, 0.05) is 51.6 Å². The molecule has 0 radical (unpaired) electrons. The Hall–Kier alpha value is -5.99. The molecule has 26 heteroatoms. The Morgan fingerprint density at radius 3 is 0.973 bits per heavy atom. The van der Waals surface area contributed by atoms with Gasteiger partial charge in [-0.1, -0.05) is 77.0 Å². The number of nitrogens with one attached hydrogen (secondary N) is 6. The van der Waals surface area contributed by atoms with Gasteiger partial charge in [-0.15, -0.1) is 0 Å². The van der Waals surface area contributed by atoms with E-state index in [9.17, 15) is 73.2 Å². The first-order valence-corrected chi connectivity index (χ1v) is 25.5. The molecule has 4 unspecified atom stereocenters. The molecular formula is C48H82N6O20. The average Bonchev–Trinajstić information content (AvgIpc) is 3.34. The normalized spacial score (nSPS) is 12.6. The number of aliphatic hydroxyl groups is 1. The minimum absolute atomic E-state index is 0.0655. The summed E-state index contributed by atoms with van der Waals surface area (Å²) in [5.74, 6) is -10.8. The Bertz CT molecular complexity index is 1700. The zero-order chi connectivity index (χ0) is 55.4. The third-order valence-electron chi connectivity index (χ3n) is 11.2. The molecule has 0 fully saturated rings. The zero-order valence-corrected chi connectivity index (χ0v) is 42.5. The molecule has 6 amide bonds. The first-order valence-electron chi connectivity index (χ1n) is 25.5. The maximum absolute atomic E-state index is 12.6. The van der Waals surface area contributed by atoms with Crippen molar-refractivity contribution < 1.29 is 97.6 Å². The number of ether oxygens (including phenoxy) is 3. The summed E-state index contributed by atoms with van der Waals surface area (Å²) in [7, 11) is 0. The van der Waals surface area contributed by atoms with Gasteiger partial charge in [0.1, 0.15) is 30.8 Å². The van der Waals surface area contributed by atoms with Crippen molar-refractivity contribution in [3.63, 3.8) is 0 Å². The molecule has 0 heterocycles. The van der Waals surface area contributed by atoms with Crippen LogP contribution in [0.2, 0.25) is 0 Å². The molecule has 0 rings (SSSR count). The predicted molar refractivity (Wildman–Crippen MR) is 262 cm³/mol. The fourth-order valence-corrected chi connectivity index (χ4v) is 7.10. The Kier molecular flexibility index (Phi) is 40.9. The van der Waals surface area contributed by atoms with Crippen LogP contribution in [0.15, 0.2) is 0 Å². The van der Waals surface area contributed by atoms with E-state index in [0.29, 0.717) is 6.42 Å². The van der Waals surface area contributed by atoms with Crippen LogP contribution in [0.4, 0.5) is 0 Å². The van der Waals surface area contributed by atoms with Gasteiger partial charge >= 0.3 is 29.8 Å². The average molecular weight is 1060 g/mol. The molecule has 26 nitrogen and oxygen atoms in total. The highest BCUT2D eigenvalue weighted by Crippen LogP contribution is 2.14. The minimum atomic E-state index is -1.65. The van der Waals surface area contributed by atoms with Gasteiger partial charge in [-0.25, -0.2) is 19.2 Å². The van der Waals surface area contributed by atoms with Gasteiger partial charge in [-0.05, 0) is 38.5 Å². The summed E-state index contributed by atoms with van der Waals surface area (Å²) in [6.45, 7) is 0.688. The quantitative estimate of drug-likeness (QED) is 0.0378. The summed E-state index contributed by atoms with van der Waals surface area (Å²) >= 11 is 0. The van der Waals surface area contributed by atoms with Crippen LogP contribution in [0.5, 0.6) is 0 Å². The number of hydrogen-bond acceptors (Lipinski definition) is 15. The number of rotatable bonds is 50. The number of hydrogen-bond donors (Lipinski definition) is 12. The van der Waals surface area contributed by atoms with E-state index in [0.717, 1.165) is 70.6 Å². The zero-order valence-electron chi connectivity index (χ0n) is 42.5. The third-order valence-corrected chi connectivity index (χ3v) is 11.2. The summed E-state index contributed by atoms with van der Waals surface area (Å²) in [6, 6.07) is -6.21. The van der Waals surface area contributed by atoms with Gasteiger partial charge in [0.2, 0.25) is 35.4 Å². The van der Waals surface area contributed by atoms with Crippen molar-refractivity contribution >= 4 is 65.3 Å². The molecule has 4 atom stereocenters. The first kappa shape index (κ1) is 68.0. The molecule has 0 saturated carbocycles. The van der Waals surface area contributed by atoms with E-state index in [2.05, 4.69) is 31.9 Å². The van der Waals surface area contributed by atoms with Crippen LogP contribution in [0.3, 0.4) is 0 Å². The van der Waals surface area contributed by atoms with Crippen molar-refractivity contribution in [2.24, 2.45) is 0 Å². The van der Waals surface area contributed by atoms with E-state index >= 15 is 0 Å². The molecule has 0 aliphatic carbocycles.